The third-order valence-electron chi connectivity index (χ3n) is 4.71. The molecular formula is C16H18N2O3S. The van der Waals surface area contributed by atoms with Gasteiger partial charge in [-0.05, 0) is 43.2 Å². The van der Waals surface area contributed by atoms with Crippen molar-refractivity contribution in [1.82, 2.24) is 9.88 Å². The molecule has 5 nitrogen and oxygen atoms in total. The first kappa shape index (κ1) is 14.0. The van der Waals surface area contributed by atoms with Crippen molar-refractivity contribution >= 4 is 17.2 Å². The molecule has 2 aliphatic heterocycles. The Morgan fingerprint density at radius 1 is 1.41 bits per heavy atom. The summed E-state index contributed by atoms with van der Waals surface area (Å²) in [6.07, 6.45) is 4.02. The van der Waals surface area contributed by atoms with Crippen molar-refractivity contribution in [3.05, 3.63) is 39.7 Å². The Hall–Kier alpha value is -1.66. The number of aromatic nitrogens is 1. The van der Waals surface area contributed by atoms with Crippen LogP contribution in [0.4, 0.5) is 0 Å². The number of carbonyl (C=O) groups excluding carboxylic acids is 1. The van der Waals surface area contributed by atoms with Gasteiger partial charge in [-0.25, -0.2) is 4.98 Å². The van der Waals surface area contributed by atoms with E-state index in [1.54, 1.807) is 18.3 Å². The van der Waals surface area contributed by atoms with E-state index in [0.717, 1.165) is 25.9 Å². The van der Waals surface area contributed by atoms with Gasteiger partial charge in [0, 0.05) is 18.0 Å². The maximum atomic E-state index is 12.5. The molecule has 2 aromatic heterocycles. The number of hydrogen-bond donors (Lipinski definition) is 0. The van der Waals surface area contributed by atoms with Crippen LogP contribution in [0.5, 0.6) is 0 Å². The van der Waals surface area contributed by atoms with Crippen LogP contribution in [-0.2, 0) is 16.8 Å². The first-order chi connectivity index (χ1) is 10.7. The van der Waals surface area contributed by atoms with Gasteiger partial charge in [-0.2, -0.15) is 0 Å². The highest BCUT2D eigenvalue weighted by molar-refractivity contribution is 7.10. The first-order valence-corrected chi connectivity index (χ1v) is 8.48. The van der Waals surface area contributed by atoms with E-state index >= 15 is 0 Å². The number of carbonyl (C=O) groups is 1. The summed E-state index contributed by atoms with van der Waals surface area (Å²) in [4.78, 5) is 19.7. The van der Waals surface area contributed by atoms with E-state index in [9.17, 15) is 4.79 Å². The molecule has 0 atom stereocenters. The monoisotopic (exact) mass is 318 g/mol. The number of oxazole rings is 1. The molecule has 22 heavy (non-hydrogen) atoms. The first-order valence-electron chi connectivity index (χ1n) is 7.60. The molecular weight excluding hydrogens is 300 g/mol. The van der Waals surface area contributed by atoms with E-state index in [1.807, 2.05) is 4.90 Å². The van der Waals surface area contributed by atoms with Gasteiger partial charge in [0.15, 0.2) is 6.39 Å². The van der Waals surface area contributed by atoms with Gasteiger partial charge in [0.25, 0.3) is 5.91 Å². The summed E-state index contributed by atoms with van der Waals surface area (Å²) >= 11 is 1.78. The van der Waals surface area contributed by atoms with Crippen molar-refractivity contribution in [2.24, 2.45) is 0 Å². The lowest BCUT2D eigenvalue weighted by molar-refractivity contribution is -0.0908. The highest BCUT2D eigenvalue weighted by Gasteiger charge is 2.43. The predicted octanol–water partition coefficient (Wildman–Crippen LogP) is 2.75. The molecule has 2 aliphatic rings. The quantitative estimate of drug-likeness (QED) is 0.811. The third-order valence-corrected chi connectivity index (χ3v) is 5.85. The fraction of sp³-hybridized carbons (Fsp3) is 0.500. The molecule has 0 aromatic carbocycles. The van der Waals surface area contributed by atoms with Crippen LogP contribution in [0.3, 0.4) is 0 Å². The molecule has 0 N–H and O–H groups in total. The average Bonchev–Trinajstić information content (AvgIpc) is 3.17. The number of thiophene rings is 1. The number of ether oxygens (including phenoxy) is 1. The van der Waals surface area contributed by atoms with Crippen molar-refractivity contribution in [1.29, 1.82) is 0 Å². The zero-order valence-electron chi connectivity index (χ0n) is 12.5. The molecule has 4 heterocycles. The molecule has 6 heteroatoms. The van der Waals surface area contributed by atoms with Crippen LogP contribution >= 0.6 is 11.3 Å². The predicted molar refractivity (Wildman–Crippen MR) is 82.0 cm³/mol. The lowest BCUT2D eigenvalue weighted by Crippen LogP contribution is -2.47. The van der Waals surface area contributed by atoms with Crippen molar-refractivity contribution in [2.75, 3.05) is 19.7 Å². The maximum absolute atomic E-state index is 12.5. The summed E-state index contributed by atoms with van der Waals surface area (Å²) in [6.45, 7) is 3.95. The van der Waals surface area contributed by atoms with Crippen molar-refractivity contribution in [2.45, 2.75) is 31.8 Å². The number of rotatable bonds is 1. The largest absolute Gasteiger partial charge is 0.438 e. The SMILES string of the molecule is Cc1ncoc1C(=O)N1CCC2(CC1)OCCc1ccsc12. The number of amides is 1. The van der Waals surface area contributed by atoms with Gasteiger partial charge in [-0.15, -0.1) is 11.3 Å². The standard InChI is InChI=1S/C16H18N2O3S/c1-11-13(20-10-17-11)15(19)18-6-4-16(5-7-18)14-12(2-8-21-16)3-9-22-14/h3,9-10H,2,4-8H2,1H3. The van der Waals surface area contributed by atoms with E-state index in [4.69, 9.17) is 9.15 Å². The van der Waals surface area contributed by atoms with Gasteiger partial charge in [0.1, 0.15) is 5.60 Å². The van der Waals surface area contributed by atoms with Crippen LogP contribution in [0.1, 0.15) is 39.5 Å². The fourth-order valence-corrected chi connectivity index (χ4v) is 4.62. The summed E-state index contributed by atoms with van der Waals surface area (Å²) in [5.41, 5.74) is 1.89. The van der Waals surface area contributed by atoms with Gasteiger partial charge in [-0.1, -0.05) is 0 Å². The summed E-state index contributed by atoms with van der Waals surface area (Å²) in [6, 6.07) is 2.21. The van der Waals surface area contributed by atoms with Gasteiger partial charge in [0.2, 0.25) is 5.76 Å². The Labute approximate surface area is 132 Å². The van der Waals surface area contributed by atoms with E-state index in [1.165, 1.54) is 16.8 Å². The van der Waals surface area contributed by atoms with Crippen LogP contribution in [0.2, 0.25) is 0 Å². The normalized spacial score (nSPS) is 20.1. The van der Waals surface area contributed by atoms with E-state index in [0.29, 0.717) is 24.5 Å². The second-order valence-electron chi connectivity index (χ2n) is 5.93. The average molecular weight is 318 g/mol. The highest BCUT2D eigenvalue weighted by atomic mass is 32.1. The molecule has 2 aromatic rings. The molecule has 1 amide bonds. The van der Waals surface area contributed by atoms with E-state index < -0.39 is 0 Å². The Morgan fingerprint density at radius 3 is 2.95 bits per heavy atom. The molecule has 0 unspecified atom stereocenters. The number of aryl methyl sites for hydroxylation is 1. The zero-order chi connectivity index (χ0) is 15.2. The Balaban J connectivity index is 1.52. The summed E-state index contributed by atoms with van der Waals surface area (Å²) in [5.74, 6) is 0.296. The minimum Gasteiger partial charge on any atom is -0.438 e. The second kappa shape index (κ2) is 5.21. The van der Waals surface area contributed by atoms with Crippen LogP contribution in [0, 0.1) is 6.92 Å². The highest BCUT2D eigenvalue weighted by Crippen LogP contribution is 2.44. The van der Waals surface area contributed by atoms with E-state index in [2.05, 4.69) is 16.4 Å². The summed E-state index contributed by atoms with van der Waals surface area (Å²) < 4.78 is 11.4. The summed E-state index contributed by atoms with van der Waals surface area (Å²) in [5, 5.41) is 2.15. The maximum Gasteiger partial charge on any atom is 0.291 e. The van der Waals surface area contributed by atoms with Crippen LogP contribution < -0.4 is 0 Å². The lowest BCUT2D eigenvalue weighted by Gasteiger charge is -2.43. The minimum atomic E-state index is -0.186. The number of piperidine rings is 1. The minimum absolute atomic E-state index is 0.0629. The van der Waals surface area contributed by atoms with E-state index in [-0.39, 0.29) is 11.5 Å². The molecule has 0 radical (unpaired) electrons. The van der Waals surface area contributed by atoms with Crippen molar-refractivity contribution < 1.29 is 13.9 Å². The van der Waals surface area contributed by atoms with Crippen molar-refractivity contribution in [3.8, 4) is 0 Å². The molecule has 0 bridgehead atoms. The Bertz CT molecular complexity index is 698. The molecule has 1 fully saturated rings. The van der Waals surface area contributed by atoms with Gasteiger partial charge >= 0.3 is 0 Å². The summed E-state index contributed by atoms with van der Waals surface area (Å²) in [7, 11) is 0. The number of fused-ring (bicyclic) bond motifs is 2. The zero-order valence-corrected chi connectivity index (χ0v) is 13.3. The van der Waals surface area contributed by atoms with Crippen molar-refractivity contribution in [3.63, 3.8) is 0 Å². The Kier molecular flexibility index (Phi) is 3.31. The third kappa shape index (κ3) is 2.09. The number of nitrogens with zero attached hydrogens (tertiary/aromatic N) is 2. The van der Waals surface area contributed by atoms with Gasteiger partial charge in [0.05, 0.1) is 12.3 Å². The lowest BCUT2D eigenvalue weighted by atomic mass is 9.85. The molecule has 0 aliphatic carbocycles. The van der Waals surface area contributed by atoms with Crippen LogP contribution in [0.15, 0.2) is 22.3 Å². The molecule has 4 rings (SSSR count). The van der Waals surface area contributed by atoms with Gasteiger partial charge in [-0.3, -0.25) is 4.79 Å². The molecule has 116 valence electrons. The molecule has 1 spiro atoms. The molecule has 0 saturated carbocycles. The van der Waals surface area contributed by atoms with Gasteiger partial charge < -0.3 is 14.1 Å². The smallest absolute Gasteiger partial charge is 0.291 e. The topological polar surface area (TPSA) is 55.6 Å². The fourth-order valence-electron chi connectivity index (χ4n) is 3.45. The second-order valence-corrected chi connectivity index (χ2v) is 6.84. The Morgan fingerprint density at radius 2 is 2.23 bits per heavy atom. The number of hydrogen-bond acceptors (Lipinski definition) is 5. The number of likely N-dealkylation sites (tertiary alicyclic amines) is 1. The van der Waals surface area contributed by atoms with Crippen LogP contribution in [0.25, 0.3) is 0 Å². The molecule has 1 saturated heterocycles. The van der Waals surface area contributed by atoms with Crippen LogP contribution in [-0.4, -0.2) is 35.5 Å².